The maximum atomic E-state index is 12.6. The van der Waals surface area contributed by atoms with Crippen LogP contribution in [0.1, 0.15) is 32.4 Å². The lowest BCUT2D eigenvalue weighted by atomic mass is 10.1. The number of ether oxygens (including phenoxy) is 1. The van der Waals surface area contributed by atoms with Crippen LogP contribution in [0, 0.1) is 0 Å². The molecule has 3 atom stereocenters. The summed E-state index contributed by atoms with van der Waals surface area (Å²) in [6.07, 6.45) is 0.818. The van der Waals surface area contributed by atoms with E-state index in [0.717, 1.165) is 6.26 Å². The number of sulfone groups is 1. The van der Waals surface area contributed by atoms with Crippen molar-refractivity contribution < 1.29 is 21.6 Å². The number of nitrogens with zero attached hydrogens (tertiary/aromatic N) is 1. The van der Waals surface area contributed by atoms with E-state index in [0.29, 0.717) is 18.7 Å². The molecule has 0 aromatic heterocycles. The van der Waals surface area contributed by atoms with E-state index in [9.17, 15) is 16.8 Å². The largest absolute Gasteiger partial charge is 0.373 e. The Balaban J connectivity index is 2.11. The minimum Gasteiger partial charge on any atom is -0.373 e. The average Bonchev–Trinajstić information content (AvgIpc) is 2.45. The van der Waals surface area contributed by atoms with Gasteiger partial charge in [0, 0.05) is 25.4 Å². The van der Waals surface area contributed by atoms with Gasteiger partial charge >= 0.3 is 0 Å². The first-order valence-corrected chi connectivity index (χ1v) is 11.0. The molecule has 1 aliphatic heterocycles. The van der Waals surface area contributed by atoms with Gasteiger partial charge in [-0.1, -0.05) is 12.1 Å². The van der Waals surface area contributed by atoms with Crippen molar-refractivity contribution >= 4 is 20.0 Å². The summed E-state index contributed by atoms with van der Waals surface area (Å²) >= 11 is 0. The minimum absolute atomic E-state index is 0.158. The van der Waals surface area contributed by atoms with Crippen LogP contribution in [0.3, 0.4) is 0 Å². The maximum Gasteiger partial charge on any atom is 0.280 e. The van der Waals surface area contributed by atoms with E-state index in [1.54, 1.807) is 19.1 Å². The van der Waals surface area contributed by atoms with E-state index in [1.165, 1.54) is 16.4 Å². The summed E-state index contributed by atoms with van der Waals surface area (Å²) in [5, 5.41) is 0. The van der Waals surface area contributed by atoms with E-state index < -0.39 is 26.1 Å². The topological polar surface area (TPSA) is 92.8 Å². The third kappa shape index (κ3) is 4.76. The van der Waals surface area contributed by atoms with Crippen molar-refractivity contribution in [1.29, 1.82) is 0 Å². The molecule has 1 aromatic rings. The molecule has 0 bridgehead atoms. The van der Waals surface area contributed by atoms with E-state index in [4.69, 9.17) is 4.74 Å². The molecule has 7 nitrogen and oxygen atoms in total. The van der Waals surface area contributed by atoms with Crippen LogP contribution in [0.5, 0.6) is 0 Å². The zero-order chi connectivity index (χ0) is 18.1. The molecular weight excluding hydrogens is 352 g/mol. The second kappa shape index (κ2) is 7.09. The minimum atomic E-state index is -3.65. The number of nitrogens with one attached hydrogen (secondary N) is 1. The molecule has 0 aliphatic carbocycles. The Hall–Kier alpha value is -1.00. The van der Waals surface area contributed by atoms with Gasteiger partial charge in [0.15, 0.2) is 9.84 Å². The highest BCUT2D eigenvalue weighted by atomic mass is 32.2. The predicted molar refractivity (Wildman–Crippen MR) is 91.6 cm³/mol. The summed E-state index contributed by atoms with van der Waals surface area (Å²) in [4.78, 5) is 0.206. The maximum absolute atomic E-state index is 12.6. The van der Waals surface area contributed by atoms with Gasteiger partial charge in [0.25, 0.3) is 10.2 Å². The second-order valence-electron chi connectivity index (χ2n) is 6.26. The van der Waals surface area contributed by atoms with Crippen LogP contribution in [-0.4, -0.2) is 52.7 Å². The lowest BCUT2D eigenvalue weighted by molar-refractivity contribution is -0.0444. The molecule has 24 heavy (non-hydrogen) atoms. The first-order chi connectivity index (χ1) is 11.0. The van der Waals surface area contributed by atoms with Crippen LogP contribution < -0.4 is 4.72 Å². The lowest BCUT2D eigenvalue weighted by Gasteiger charge is -2.35. The molecule has 0 radical (unpaired) electrons. The third-order valence-electron chi connectivity index (χ3n) is 3.86. The number of morpholine rings is 1. The molecule has 0 unspecified atom stereocenters. The van der Waals surface area contributed by atoms with Gasteiger partial charge in [0.1, 0.15) is 0 Å². The highest BCUT2D eigenvalue weighted by molar-refractivity contribution is 7.90. The monoisotopic (exact) mass is 376 g/mol. The number of rotatable bonds is 5. The van der Waals surface area contributed by atoms with Crippen molar-refractivity contribution in [2.45, 2.75) is 43.9 Å². The number of hydrogen-bond donors (Lipinski definition) is 1. The molecule has 136 valence electrons. The van der Waals surface area contributed by atoms with E-state index in [-0.39, 0.29) is 17.1 Å². The van der Waals surface area contributed by atoms with Gasteiger partial charge in [-0.2, -0.15) is 17.4 Å². The summed E-state index contributed by atoms with van der Waals surface area (Å²) in [7, 11) is -6.92. The first kappa shape index (κ1) is 19.3. The van der Waals surface area contributed by atoms with Crippen LogP contribution in [0.25, 0.3) is 0 Å². The summed E-state index contributed by atoms with van der Waals surface area (Å²) < 4.78 is 57.6. The zero-order valence-corrected chi connectivity index (χ0v) is 15.9. The Labute approximate surface area is 144 Å². The van der Waals surface area contributed by atoms with Gasteiger partial charge in [-0.15, -0.1) is 0 Å². The molecule has 1 aromatic carbocycles. The summed E-state index contributed by atoms with van der Waals surface area (Å²) in [6, 6.07) is 5.72. The lowest BCUT2D eigenvalue weighted by Crippen LogP contribution is -2.52. The average molecular weight is 377 g/mol. The highest BCUT2D eigenvalue weighted by Gasteiger charge is 2.31. The Bertz CT molecular complexity index is 765. The molecule has 0 amide bonds. The fraction of sp³-hybridized carbons (Fsp3) is 0.600. The molecule has 2 rings (SSSR count). The van der Waals surface area contributed by atoms with Gasteiger partial charge < -0.3 is 4.74 Å². The van der Waals surface area contributed by atoms with Crippen LogP contribution in [-0.2, 0) is 24.8 Å². The van der Waals surface area contributed by atoms with Crippen molar-refractivity contribution in [3.8, 4) is 0 Å². The normalized spacial score (nSPS) is 24.7. The highest BCUT2D eigenvalue weighted by Crippen LogP contribution is 2.19. The molecule has 1 N–H and O–H groups in total. The van der Waals surface area contributed by atoms with E-state index >= 15 is 0 Å². The Morgan fingerprint density at radius 2 is 1.58 bits per heavy atom. The van der Waals surface area contributed by atoms with Crippen LogP contribution >= 0.6 is 0 Å². The van der Waals surface area contributed by atoms with Crippen LogP contribution in [0.15, 0.2) is 29.2 Å². The molecule has 0 spiro atoms. The quantitative estimate of drug-likeness (QED) is 0.830. The van der Waals surface area contributed by atoms with Gasteiger partial charge in [0.2, 0.25) is 0 Å². The zero-order valence-electron chi connectivity index (χ0n) is 14.3. The van der Waals surface area contributed by atoms with E-state index in [2.05, 4.69) is 4.72 Å². The van der Waals surface area contributed by atoms with Crippen LogP contribution in [0.2, 0.25) is 0 Å². The fourth-order valence-corrected chi connectivity index (χ4v) is 4.87. The fourth-order valence-electron chi connectivity index (χ4n) is 2.70. The van der Waals surface area contributed by atoms with Crippen molar-refractivity contribution in [2.75, 3.05) is 19.3 Å². The second-order valence-corrected chi connectivity index (χ2v) is 9.98. The van der Waals surface area contributed by atoms with E-state index in [1.807, 2.05) is 13.8 Å². The smallest absolute Gasteiger partial charge is 0.280 e. The number of hydrogen-bond acceptors (Lipinski definition) is 5. The van der Waals surface area contributed by atoms with Gasteiger partial charge in [-0.25, -0.2) is 8.42 Å². The van der Waals surface area contributed by atoms with Gasteiger partial charge in [-0.05, 0) is 38.5 Å². The summed E-state index contributed by atoms with van der Waals surface area (Å²) in [5.41, 5.74) is 0.695. The molecule has 1 heterocycles. The van der Waals surface area contributed by atoms with Crippen molar-refractivity contribution in [1.82, 2.24) is 9.03 Å². The molecule has 1 fully saturated rings. The standard InChI is InChI=1S/C15H24N2O5S2/c1-11-9-17(10-12(2)22-11)24(20,21)16-13(3)14-5-7-15(8-6-14)23(4,18)19/h5-8,11-13,16H,9-10H2,1-4H3/t11-,12+,13-/m0/s1. The number of benzene rings is 1. The molecule has 1 aliphatic rings. The molecule has 0 saturated carbocycles. The Morgan fingerprint density at radius 3 is 2.04 bits per heavy atom. The first-order valence-electron chi connectivity index (χ1n) is 7.72. The summed E-state index contributed by atoms with van der Waals surface area (Å²) in [6.45, 7) is 6.01. The molecular formula is C15H24N2O5S2. The summed E-state index contributed by atoms with van der Waals surface area (Å²) in [5.74, 6) is 0. The third-order valence-corrected chi connectivity index (χ3v) is 6.62. The van der Waals surface area contributed by atoms with Gasteiger partial charge in [0.05, 0.1) is 17.1 Å². The van der Waals surface area contributed by atoms with Crippen LogP contribution in [0.4, 0.5) is 0 Å². The molecule has 9 heteroatoms. The van der Waals surface area contributed by atoms with Gasteiger partial charge in [-0.3, -0.25) is 0 Å². The van der Waals surface area contributed by atoms with Crippen molar-refractivity contribution in [3.05, 3.63) is 29.8 Å². The Morgan fingerprint density at radius 1 is 1.08 bits per heavy atom. The predicted octanol–water partition coefficient (Wildman–Crippen LogP) is 1.09. The van der Waals surface area contributed by atoms with Crippen molar-refractivity contribution in [2.24, 2.45) is 0 Å². The molecule has 1 saturated heterocycles. The van der Waals surface area contributed by atoms with Crippen molar-refractivity contribution in [3.63, 3.8) is 0 Å². The SMILES string of the molecule is C[C@@H]1CN(S(=O)(=O)N[C@@H](C)c2ccc(S(C)(=O)=O)cc2)C[C@H](C)O1. The Kier molecular flexibility index (Phi) is 5.71.